The van der Waals surface area contributed by atoms with Gasteiger partial charge in [0.05, 0.1) is 22.3 Å². The van der Waals surface area contributed by atoms with Crippen LogP contribution in [0.3, 0.4) is 0 Å². The molecule has 2 saturated heterocycles. The third-order valence-corrected chi connectivity index (χ3v) is 11.5. The largest absolute Gasteiger partial charge is 0.508 e. The number of allylic oxidation sites excluding steroid dienone is 2. The second-order valence-corrected chi connectivity index (χ2v) is 13.7. The summed E-state index contributed by atoms with van der Waals surface area (Å²) in [5.41, 5.74) is -0.0134. The number of alkyl halides is 6. The van der Waals surface area contributed by atoms with Crippen molar-refractivity contribution in [2.24, 2.45) is 17.8 Å². The third-order valence-electron chi connectivity index (χ3n) is 9.27. The lowest BCUT2D eigenvalue weighted by Crippen LogP contribution is -2.60. The smallest absolute Gasteiger partial charge is 0.433 e. The minimum absolute atomic E-state index is 0.0161. The molecule has 3 heterocycles. The van der Waals surface area contributed by atoms with Crippen molar-refractivity contribution < 1.29 is 37.5 Å². The maximum Gasteiger partial charge on any atom is 0.433 e. The fourth-order valence-corrected chi connectivity index (χ4v) is 8.83. The molecule has 0 radical (unpaired) electrons. The Labute approximate surface area is 278 Å². The van der Waals surface area contributed by atoms with Gasteiger partial charge in [-0.3, -0.25) is 29.1 Å². The fourth-order valence-electron chi connectivity index (χ4n) is 7.18. The van der Waals surface area contributed by atoms with E-state index < -0.39 is 74.7 Å². The van der Waals surface area contributed by atoms with Crippen LogP contribution in [0.5, 0.6) is 5.75 Å². The first-order chi connectivity index (χ1) is 21.0. The second-order valence-electron chi connectivity index (χ2n) is 11.5. The highest BCUT2D eigenvalue weighted by Crippen LogP contribution is 2.65. The van der Waals surface area contributed by atoms with Crippen molar-refractivity contribution >= 4 is 80.2 Å². The van der Waals surface area contributed by atoms with Crippen molar-refractivity contribution in [3.8, 4) is 5.75 Å². The first-order valence-electron chi connectivity index (χ1n) is 13.6. The van der Waals surface area contributed by atoms with Crippen molar-refractivity contribution in [3.05, 3.63) is 63.8 Å². The number of carbonyl (C=O) groups is 4. The van der Waals surface area contributed by atoms with Crippen LogP contribution in [-0.4, -0.2) is 65.9 Å². The average molecular weight is 751 g/mol. The van der Waals surface area contributed by atoms with Gasteiger partial charge in [-0.15, -0.1) is 23.2 Å². The maximum atomic E-state index is 14.2. The predicted molar refractivity (Wildman–Crippen MR) is 161 cm³/mol. The molecule has 0 bridgehead atoms. The van der Waals surface area contributed by atoms with Crippen LogP contribution in [0.2, 0.25) is 5.02 Å². The van der Waals surface area contributed by atoms with E-state index in [-0.39, 0.29) is 29.1 Å². The highest BCUT2D eigenvalue weighted by atomic mass is 79.9. The topological polar surface area (TPSA) is 111 Å². The number of nitrogens with zero attached hydrogens (tertiary/aromatic N) is 4. The number of pyridine rings is 1. The normalized spacial score (nSPS) is 31.2. The second kappa shape index (κ2) is 10.6. The third kappa shape index (κ3) is 4.36. The molecule has 2 aromatic rings. The number of hydrogen-bond acceptors (Lipinski definition) is 7. The molecule has 1 saturated carbocycles. The summed E-state index contributed by atoms with van der Waals surface area (Å²) < 4.78 is 40.4. The lowest BCUT2D eigenvalue weighted by molar-refractivity contribution is -0.142. The number of amides is 4. The number of halogens is 7. The molecule has 1 N–H and O–H groups in total. The Balaban J connectivity index is 1.46. The van der Waals surface area contributed by atoms with Crippen molar-refractivity contribution in [1.82, 2.24) is 14.9 Å². The lowest BCUT2D eigenvalue weighted by atomic mass is 9.56. The number of aromatic hydroxyl groups is 1. The quantitative estimate of drug-likeness (QED) is 0.190. The molecule has 2 aliphatic heterocycles. The van der Waals surface area contributed by atoms with Gasteiger partial charge in [0.2, 0.25) is 0 Å². The molecule has 1 aromatic heterocycles. The molecule has 45 heavy (non-hydrogen) atoms. The molecule has 6 atom stereocenters. The monoisotopic (exact) mass is 748 g/mol. The summed E-state index contributed by atoms with van der Waals surface area (Å²) >= 11 is 23.7. The van der Waals surface area contributed by atoms with Crippen molar-refractivity contribution in [2.45, 2.75) is 41.6 Å². The first-order valence-corrected chi connectivity index (χ1v) is 15.9. The van der Waals surface area contributed by atoms with E-state index in [4.69, 9.17) is 34.8 Å². The fraction of sp³-hybridized carbons (Fsp3) is 0.414. The van der Waals surface area contributed by atoms with Crippen molar-refractivity contribution in [3.63, 3.8) is 0 Å². The van der Waals surface area contributed by atoms with E-state index in [1.807, 2.05) is 0 Å². The van der Waals surface area contributed by atoms with Crippen LogP contribution in [0, 0.1) is 24.7 Å². The van der Waals surface area contributed by atoms with E-state index in [2.05, 4.69) is 20.9 Å². The Hall–Kier alpha value is -2.87. The standard InChI is InChI=1S/C29H23BrCl3F3N4O5/c1-12-9-13(3-7-18(12)41)21-14-4-5-15-20(16(14)10-27(32)25(44)39(11-30)26(45)28(21,27)33)24(43)40(23(15)42)38(2)22-17(31)6-8-19(37-22)29(34,35)36/h3-4,6-9,15-16,20-21,41H,5,10-11H2,1-2H3/t15-,16+,20-,21-,27+,28-/m0/s1. The number of imide groups is 2. The van der Waals surface area contributed by atoms with Crippen LogP contribution in [-0.2, 0) is 25.4 Å². The van der Waals surface area contributed by atoms with Gasteiger partial charge >= 0.3 is 6.18 Å². The summed E-state index contributed by atoms with van der Waals surface area (Å²) in [4.78, 5) is 55.9. The van der Waals surface area contributed by atoms with Gasteiger partial charge in [-0.25, -0.2) is 4.98 Å². The molecule has 3 fully saturated rings. The van der Waals surface area contributed by atoms with Crippen LogP contribution in [0.25, 0.3) is 0 Å². The highest BCUT2D eigenvalue weighted by Gasteiger charge is 2.76. The van der Waals surface area contributed by atoms with Gasteiger partial charge in [-0.05, 0) is 55.0 Å². The number of hydrazine groups is 1. The zero-order chi connectivity index (χ0) is 33.0. The molecule has 238 valence electrons. The maximum absolute atomic E-state index is 14.2. The highest BCUT2D eigenvalue weighted by molar-refractivity contribution is 9.09. The van der Waals surface area contributed by atoms with Gasteiger partial charge in [0.25, 0.3) is 23.6 Å². The number of benzene rings is 1. The predicted octanol–water partition coefficient (Wildman–Crippen LogP) is 5.53. The van der Waals surface area contributed by atoms with E-state index in [1.165, 1.54) is 13.1 Å². The van der Waals surface area contributed by atoms with E-state index in [0.29, 0.717) is 22.8 Å². The van der Waals surface area contributed by atoms with Gasteiger partial charge < -0.3 is 5.11 Å². The minimum atomic E-state index is -4.81. The first kappa shape index (κ1) is 32.1. The molecular formula is C29H23BrCl3F3N4O5. The summed E-state index contributed by atoms with van der Waals surface area (Å²) in [5, 5.41) is 11.6. The zero-order valence-electron chi connectivity index (χ0n) is 23.4. The number of rotatable bonds is 4. The number of carbonyl (C=O) groups excluding carboxylic acids is 4. The van der Waals surface area contributed by atoms with Gasteiger partial charge in [-0.1, -0.05) is 51.3 Å². The van der Waals surface area contributed by atoms with E-state index in [0.717, 1.165) is 21.0 Å². The number of fused-ring (bicyclic) bond motifs is 4. The molecule has 0 unspecified atom stereocenters. The minimum Gasteiger partial charge on any atom is -0.508 e. The SMILES string of the molecule is Cc1cc([C@H]2C3=CC[C@@H]4C(=O)N(N(C)c5nc(C(F)(F)F)ccc5Cl)C(=O)[C@@H]4[C@@H]3C[C@@]3(Cl)C(=O)N(CBr)C(=O)[C@@]23Cl)ccc1O. The number of likely N-dealkylation sites (tertiary alicyclic amines) is 1. The van der Waals surface area contributed by atoms with E-state index >= 15 is 0 Å². The summed E-state index contributed by atoms with van der Waals surface area (Å²) in [6, 6.07) is 6.26. The molecule has 6 rings (SSSR count). The zero-order valence-corrected chi connectivity index (χ0v) is 27.3. The molecule has 1 aromatic carbocycles. The number of hydrogen-bond donors (Lipinski definition) is 1. The van der Waals surface area contributed by atoms with E-state index in [9.17, 15) is 37.5 Å². The molecule has 4 aliphatic rings. The molecule has 0 spiro atoms. The van der Waals surface area contributed by atoms with Gasteiger partial charge in [0.15, 0.2) is 15.6 Å². The lowest BCUT2D eigenvalue weighted by Gasteiger charge is -2.50. The van der Waals surface area contributed by atoms with Crippen molar-refractivity contribution in [1.29, 1.82) is 0 Å². The van der Waals surface area contributed by atoms with Crippen LogP contribution in [0.4, 0.5) is 19.0 Å². The Morgan fingerprint density at radius 1 is 1.09 bits per heavy atom. The van der Waals surface area contributed by atoms with Gasteiger partial charge in [0, 0.05) is 13.0 Å². The number of phenolic OH excluding ortho intramolecular Hbond substituents is 1. The van der Waals surface area contributed by atoms with Crippen LogP contribution < -0.4 is 5.01 Å². The Morgan fingerprint density at radius 2 is 1.78 bits per heavy atom. The molecule has 4 amide bonds. The Morgan fingerprint density at radius 3 is 2.40 bits per heavy atom. The molecule has 9 nitrogen and oxygen atoms in total. The number of aromatic nitrogens is 1. The number of anilines is 1. The number of phenols is 1. The van der Waals surface area contributed by atoms with Crippen LogP contribution in [0.1, 0.15) is 35.6 Å². The van der Waals surface area contributed by atoms with Gasteiger partial charge in [-0.2, -0.15) is 18.2 Å². The molecular weight excluding hydrogens is 728 g/mol. The van der Waals surface area contributed by atoms with Crippen molar-refractivity contribution in [2.75, 3.05) is 17.5 Å². The average Bonchev–Trinajstić information content (AvgIpc) is 3.31. The van der Waals surface area contributed by atoms with E-state index in [1.54, 1.807) is 25.1 Å². The van der Waals surface area contributed by atoms with Crippen LogP contribution in [0.15, 0.2) is 42.0 Å². The summed E-state index contributed by atoms with van der Waals surface area (Å²) in [5.74, 6) is -7.38. The summed E-state index contributed by atoms with van der Waals surface area (Å²) in [6.07, 6.45) is -3.33. The van der Waals surface area contributed by atoms with Gasteiger partial charge in [0.1, 0.15) is 11.4 Å². The van der Waals surface area contributed by atoms with Crippen LogP contribution >= 0.6 is 50.7 Å². The molecule has 16 heteroatoms. The molecule has 2 aliphatic carbocycles. The summed E-state index contributed by atoms with van der Waals surface area (Å²) in [7, 11) is 1.21. The number of aryl methyl sites for hydroxylation is 1. The Bertz CT molecular complexity index is 1730. The summed E-state index contributed by atoms with van der Waals surface area (Å²) in [6.45, 7) is 1.64. The Kier molecular flexibility index (Phi) is 7.54.